The summed E-state index contributed by atoms with van der Waals surface area (Å²) in [5.74, 6) is 1.87. The minimum Gasteiger partial charge on any atom is -0.308 e. The zero-order valence-electron chi connectivity index (χ0n) is 19.9. The lowest BCUT2D eigenvalue weighted by Crippen LogP contribution is -2.25. The molecule has 0 atom stereocenters. The van der Waals surface area contributed by atoms with Crippen LogP contribution in [0.1, 0.15) is 0 Å². The molecule has 5 aromatic rings. The summed E-state index contributed by atoms with van der Waals surface area (Å²) in [6, 6.07) is 39.2. The molecule has 1 aliphatic rings. The lowest BCUT2D eigenvalue weighted by Gasteiger charge is -2.21. The normalized spacial score (nSPS) is 13.7. The fraction of sp³-hybridized carbons (Fsp3) is 0.0667. The Balaban J connectivity index is 1.68. The number of rotatable bonds is 6. The average molecular weight is 575 g/mol. The Morgan fingerprint density at radius 1 is 0.432 bits per heavy atom. The highest BCUT2D eigenvalue weighted by Gasteiger charge is 2.42. The Hall–Kier alpha value is -2.26. The molecule has 0 saturated carbocycles. The van der Waals surface area contributed by atoms with Gasteiger partial charge in [0.25, 0.3) is 0 Å². The fourth-order valence-corrected chi connectivity index (χ4v) is 17.2. The highest BCUT2D eigenvalue weighted by molar-refractivity contribution is 8.08. The Kier molecular flexibility index (Phi) is 7.09. The van der Waals surface area contributed by atoms with Gasteiger partial charge >= 0.3 is 0 Å². The van der Waals surface area contributed by atoms with Crippen molar-refractivity contribution in [2.45, 2.75) is 9.79 Å². The predicted molar refractivity (Wildman–Crippen MR) is 165 cm³/mol. The van der Waals surface area contributed by atoms with Crippen molar-refractivity contribution >= 4 is 79.6 Å². The van der Waals surface area contributed by atoms with Crippen LogP contribution in [-0.4, -0.2) is 11.5 Å². The number of hydrogen-bond donors (Lipinski definition) is 0. The smallest absolute Gasteiger partial charge is 0.181 e. The third-order valence-corrected chi connectivity index (χ3v) is 18.2. The van der Waals surface area contributed by atoms with E-state index in [-0.39, 0.29) is 0 Å². The second-order valence-corrected chi connectivity index (χ2v) is 17.9. The zero-order chi connectivity index (χ0) is 25.3. The van der Waals surface area contributed by atoms with Crippen molar-refractivity contribution in [2.24, 2.45) is 0 Å². The van der Waals surface area contributed by atoms with Gasteiger partial charge in [-0.25, -0.2) is 0 Å². The summed E-state index contributed by atoms with van der Waals surface area (Å²) >= 11 is 5.01. The number of hydrogen-bond acceptors (Lipinski definition) is 5. The molecule has 0 N–H and O–H groups in total. The maximum absolute atomic E-state index is 15.4. The molecule has 2 heterocycles. The first-order valence-electron chi connectivity index (χ1n) is 12.0. The molecule has 0 bridgehead atoms. The van der Waals surface area contributed by atoms with E-state index in [0.29, 0.717) is 0 Å². The molecule has 0 aliphatic carbocycles. The summed E-state index contributed by atoms with van der Waals surface area (Å²) in [5.41, 5.74) is 0. The van der Waals surface area contributed by atoms with Crippen LogP contribution in [0.4, 0.5) is 0 Å². The number of fused-ring (bicyclic) bond motifs is 1. The molecule has 2 nitrogen and oxygen atoms in total. The molecule has 0 saturated heterocycles. The summed E-state index contributed by atoms with van der Waals surface area (Å²) in [6.07, 6.45) is 0. The van der Waals surface area contributed by atoms with Gasteiger partial charge in [0.2, 0.25) is 0 Å². The van der Waals surface area contributed by atoms with Gasteiger partial charge in [0.05, 0.1) is 9.24 Å². The first kappa shape index (κ1) is 25.0. The third-order valence-electron chi connectivity index (χ3n) is 6.42. The number of thioether (sulfide) groups is 2. The molecule has 0 spiro atoms. The number of thiophene rings is 1. The van der Waals surface area contributed by atoms with Crippen molar-refractivity contribution in [3.05, 3.63) is 121 Å². The van der Waals surface area contributed by atoms with Gasteiger partial charge < -0.3 is 9.13 Å². The van der Waals surface area contributed by atoms with Crippen LogP contribution in [0, 0.1) is 0 Å². The van der Waals surface area contributed by atoms with Gasteiger partial charge in [0.15, 0.2) is 14.3 Å². The molecule has 0 fully saturated rings. The maximum atomic E-state index is 15.4. The van der Waals surface area contributed by atoms with Crippen molar-refractivity contribution in [1.29, 1.82) is 0 Å². The molecule has 0 amide bonds. The van der Waals surface area contributed by atoms with Crippen LogP contribution in [0.2, 0.25) is 0 Å². The largest absolute Gasteiger partial charge is 0.308 e. The first-order chi connectivity index (χ1) is 18.1. The second-order valence-electron chi connectivity index (χ2n) is 8.63. The van der Waals surface area contributed by atoms with Crippen LogP contribution in [0.3, 0.4) is 0 Å². The molecule has 184 valence electrons. The summed E-state index contributed by atoms with van der Waals surface area (Å²) < 4.78 is 32.5. The van der Waals surface area contributed by atoms with Crippen LogP contribution < -0.4 is 30.5 Å². The van der Waals surface area contributed by atoms with E-state index in [1.807, 2.05) is 121 Å². The Morgan fingerprint density at radius 2 is 0.703 bits per heavy atom. The minimum atomic E-state index is -3.21. The van der Waals surface area contributed by atoms with E-state index in [2.05, 4.69) is 0 Å². The van der Waals surface area contributed by atoms with Crippen LogP contribution in [0.15, 0.2) is 131 Å². The predicted octanol–water partition coefficient (Wildman–Crippen LogP) is 6.22. The van der Waals surface area contributed by atoms with E-state index < -0.39 is 14.3 Å². The van der Waals surface area contributed by atoms with Crippen LogP contribution >= 0.6 is 49.1 Å². The van der Waals surface area contributed by atoms with Crippen molar-refractivity contribution in [1.82, 2.24) is 0 Å². The van der Waals surface area contributed by atoms with E-state index in [1.54, 1.807) is 23.5 Å². The van der Waals surface area contributed by atoms with Gasteiger partial charge in [-0.15, -0.1) is 34.9 Å². The Labute approximate surface area is 230 Å². The van der Waals surface area contributed by atoms with Crippen LogP contribution in [0.25, 0.3) is 0 Å². The average Bonchev–Trinajstić information content (AvgIpc) is 3.39. The topological polar surface area (TPSA) is 34.1 Å². The lowest BCUT2D eigenvalue weighted by atomic mass is 10.4. The molecule has 0 unspecified atom stereocenters. The van der Waals surface area contributed by atoms with Crippen molar-refractivity contribution in [3.8, 4) is 0 Å². The molecule has 7 heteroatoms. The lowest BCUT2D eigenvalue weighted by molar-refractivity contribution is 0.591. The van der Waals surface area contributed by atoms with Crippen molar-refractivity contribution in [3.63, 3.8) is 0 Å². The molecule has 1 aromatic heterocycles. The van der Waals surface area contributed by atoms with Gasteiger partial charge in [-0.2, -0.15) is 0 Å². The third kappa shape index (κ3) is 4.32. The van der Waals surface area contributed by atoms with Crippen molar-refractivity contribution in [2.75, 3.05) is 11.5 Å². The number of benzene rings is 4. The van der Waals surface area contributed by atoms with E-state index in [9.17, 15) is 0 Å². The molecule has 6 rings (SSSR count). The van der Waals surface area contributed by atoms with E-state index in [0.717, 1.165) is 51.8 Å². The summed E-state index contributed by atoms with van der Waals surface area (Å²) in [6.45, 7) is 0. The quantitative estimate of drug-likeness (QED) is 0.226. The maximum Gasteiger partial charge on any atom is 0.181 e. The van der Waals surface area contributed by atoms with E-state index in [1.165, 1.54) is 11.3 Å². The minimum absolute atomic E-state index is 0.808. The van der Waals surface area contributed by atoms with Gasteiger partial charge in [-0.05, 0) is 0 Å². The monoisotopic (exact) mass is 574 g/mol. The molecule has 1 aliphatic heterocycles. The van der Waals surface area contributed by atoms with Gasteiger partial charge in [0, 0.05) is 42.5 Å². The summed E-state index contributed by atoms with van der Waals surface area (Å²) in [7, 11) is -6.41. The van der Waals surface area contributed by atoms with Crippen LogP contribution in [-0.2, 0) is 9.13 Å². The molecular formula is C30H24O2P2S3. The second kappa shape index (κ2) is 10.5. The molecule has 4 aromatic carbocycles. The van der Waals surface area contributed by atoms with Gasteiger partial charge in [-0.1, -0.05) is 121 Å². The Bertz CT molecular complexity index is 1410. The van der Waals surface area contributed by atoms with Crippen molar-refractivity contribution < 1.29 is 9.13 Å². The van der Waals surface area contributed by atoms with Crippen LogP contribution in [0.5, 0.6) is 0 Å². The Morgan fingerprint density at radius 3 is 0.973 bits per heavy atom. The zero-order valence-corrected chi connectivity index (χ0v) is 24.1. The summed E-state index contributed by atoms with van der Waals surface area (Å²) in [5, 5.41) is 3.23. The SMILES string of the molecule is O=P(c1ccccc1)(c1ccccc1)c1sc(P(=O)(c2ccccc2)c2ccccc2)c2c1SCCS2. The summed E-state index contributed by atoms with van der Waals surface area (Å²) in [4.78, 5) is 2.08. The van der Waals surface area contributed by atoms with Gasteiger partial charge in [-0.3, -0.25) is 0 Å². The van der Waals surface area contributed by atoms with E-state index in [4.69, 9.17) is 0 Å². The molecule has 0 radical (unpaired) electrons. The highest BCUT2D eigenvalue weighted by atomic mass is 32.2. The standard InChI is InChI=1S/C30H24O2P2S3/c31-33(23-13-5-1-6-14-23,24-15-7-2-8-16-24)29-27-28(36-22-21-35-27)30(37-29)34(32,25-17-9-3-10-18-25)26-19-11-4-12-20-26/h1-20H,21-22H2. The van der Waals surface area contributed by atoms with E-state index >= 15 is 9.13 Å². The first-order valence-corrected chi connectivity index (χ1v) is 18.2. The van der Waals surface area contributed by atoms with Gasteiger partial charge in [0.1, 0.15) is 0 Å². The highest BCUT2D eigenvalue weighted by Crippen LogP contribution is 2.55. The molecule has 37 heavy (non-hydrogen) atoms. The molecular weight excluding hydrogens is 550 g/mol. The fourth-order valence-electron chi connectivity index (χ4n) is 4.65.